The van der Waals surface area contributed by atoms with Crippen LogP contribution in [-0.2, 0) is 11.3 Å². The molecule has 6 heteroatoms. The summed E-state index contributed by atoms with van der Waals surface area (Å²) in [4.78, 5) is 16.9. The normalized spacial score (nSPS) is 19.4. The fourth-order valence-electron chi connectivity index (χ4n) is 3.41. The molecule has 1 saturated heterocycles. The van der Waals surface area contributed by atoms with E-state index in [1.54, 1.807) is 0 Å². The number of fused-ring (bicyclic) bond motifs is 1. The van der Waals surface area contributed by atoms with E-state index in [-0.39, 0.29) is 12.5 Å². The molecule has 0 saturated carbocycles. The number of carbonyl (C=O) groups is 1. The Balaban J connectivity index is 1.30. The number of nitrogens with zero attached hydrogens (tertiary/aromatic N) is 3. The summed E-state index contributed by atoms with van der Waals surface area (Å²) in [6.07, 6.45) is -0.579. The molecule has 1 unspecified atom stereocenters. The van der Waals surface area contributed by atoms with E-state index in [4.69, 9.17) is 14.7 Å². The third-order valence-corrected chi connectivity index (χ3v) is 4.96. The fourth-order valence-corrected chi connectivity index (χ4v) is 3.41. The molecule has 2 aliphatic rings. The molecule has 2 aromatic carbocycles. The van der Waals surface area contributed by atoms with Crippen LogP contribution in [0.5, 0.6) is 11.5 Å². The van der Waals surface area contributed by atoms with Gasteiger partial charge in [0.15, 0.2) is 11.5 Å². The second-order valence-corrected chi connectivity index (χ2v) is 6.77. The third-order valence-electron chi connectivity index (χ3n) is 4.96. The first-order valence-corrected chi connectivity index (χ1v) is 9.11. The van der Waals surface area contributed by atoms with E-state index in [2.05, 4.69) is 11.0 Å². The van der Waals surface area contributed by atoms with Gasteiger partial charge in [0, 0.05) is 32.7 Å². The van der Waals surface area contributed by atoms with Gasteiger partial charge in [-0.2, -0.15) is 5.26 Å². The zero-order chi connectivity index (χ0) is 18.6. The average molecular weight is 363 g/mol. The zero-order valence-electron chi connectivity index (χ0n) is 15.0. The van der Waals surface area contributed by atoms with E-state index in [0.717, 1.165) is 19.6 Å². The highest BCUT2D eigenvalue weighted by atomic mass is 16.6. The van der Waals surface area contributed by atoms with Gasteiger partial charge in [0.25, 0.3) is 5.91 Å². The van der Waals surface area contributed by atoms with Crippen molar-refractivity contribution in [2.75, 3.05) is 32.8 Å². The summed E-state index contributed by atoms with van der Waals surface area (Å²) in [5, 5.41) is 8.88. The maximum atomic E-state index is 12.8. The SMILES string of the molecule is N#Cc1ccc(CN2CCN(C(=O)C3COc4ccccc4O3)CC2)cc1. The minimum Gasteiger partial charge on any atom is -0.485 e. The number of hydrogen-bond acceptors (Lipinski definition) is 5. The van der Waals surface area contributed by atoms with Crippen molar-refractivity contribution in [3.8, 4) is 17.6 Å². The van der Waals surface area contributed by atoms with E-state index in [1.807, 2.05) is 53.4 Å². The molecular weight excluding hydrogens is 342 g/mol. The second kappa shape index (κ2) is 7.68. The molecule has 0 N–H and O–H groups in total. The zero-order valence-corrected chi connectivity index (χ0v) is 15.0. The molecule has 1 fully saturated rings. The fraction of sp³-hybridized carbons (Fsp3) is 0.333. The summed E-state index contributed by atoms with van der Waals surface area (Å²) in [5.74, 6) is 1.30. The van der Waals surface area contributed by atoms with Gasteiger partial charge < -0.3 is 14.4 Å². The molecule has 2 aromatic rings. The highest BCUT2D eigenvalue weighted by Gasteiger charge is 2.32. The van der Waals surface area contributed by atoms with Crippen molar-refractivity contribution in [1.29, 1.82) is 5.26 Å². The molecule has 0 bridgehead atoms. The Bertz CT molecular complexity index is 852. The quantitative estimate of drug-likeness (QED) is 0.835. The van der Waals surface area contributed by atoms with Crippen molar-refractivity contribution in [2.24, 2.45) is 0 Å². The van der Waals surface area contributed by atoms with E-state index < -0.39 is 6.10 Å². The van der Waals surface area contributed by atoms with Gasteiger partial charge in [-0.1, -0.05) is 24.3 Å². The predicted octanol–water partition coefficient (Wildman–Crippen LogP) is 2.04. The first-order chi connectivity index (χ1) is 13.2. The number of carbonyl (C=O) groups excluding carboxylic acids is 1. The first-order valence-electron chi connectivity index (χ1n) is 9.11. The van der Waals surface area contributed by atoms with Crippen LogP contribution in [-0.4, -0.2) is 54.6 Å². The molecule has 2 heterocycles. The lowest BCUT2D eigenvalue weighted by Gasteiger charge is -2.37. The summed E-state index contributed by atoms with van der Waals surface area (Å²) in [5.41, 5.74) is 1.85. The van der Waals surface area contributed by atoms with Crippen molar-refractivity contribution in [2.45, 2.75) is 12.6 Å². The van der Waals surface area contributed by atoms with E-state index in [0.29, 0.717) is 30.2 Å². The van der Waals surface area contributed by atoms with Crippen molar-refractivity contribution in [3.05, 3.63) is 59.7 Å². The number of nitriles is 1. The molecule has 2 aliphatic heterocycles. The minimum atomic E-state index is -0.579. The Labute approximate surface area is 158 Å². The smallest absolute Gasteiger partial charge is 0.267 e. The van der Waals surface area contributed by atoms with Crippen molar-refractivity contribution in [1.82, 2.24) is 9.80 Å². The van der Waals surface area contributed by atoms with E-state index in [9.17, 15) is 4.79 Å². The summed E-state index contributed by atoms with van der Waals surface area (Å²) in [6.45, 7) is 4.06. The Morgan fingerprint density at radius 2 is 1.74 bits per heavy atom. The van der Waals surface area contributed by atoms with Crippen LogP contribution < -0.4 is 9.47 Å². The average Bonchev–Trinajstić information content (AvgIpc) is 2.74. The summed E-state index contributed by atoms with van der Waals surface area (Å²) >= 11 is 0. The third kappa shape index (κ3) is 3.88. The van der Waals surface area contributed by atoms with Gasteiger partial charge in [-0.3, -0.25) is 9.69 Å². The summed E-state index contributed by atoms with van der Waals surface area (Å²) < 4.78 is 11.5. The molecule has 0 aromatic heterocycles. The second-order valence-electron chi connectivity index (χ2n) is 6.77. The Morgan fingerprint density at radius 1 is 1.04 bits per heavy atom. The molecule has 0 aliphatic carbocycles. The van der Waals surface area contributed by atoms with Crippen molar-refractivity contribution < 1.29 is 14.3 Å². The van der Waals surface area contributed by atoms with Crippen LogP contribution in [0.4, 0.5) is 0 Å². The molecule has 4 rings (SSSR count). The minimum absolute atomic E-state index is 0.0115. The van der Waals surface area contributed by atoms with Crippen molar-refractivity contribution >= 4 is 5.91 Å². The number of para-hydroxylation sites is 2. The lowest BCUT2D eigenvalue weighted by atomic mass is 10.1. The maximum absolute atomic E-state index is 12.8. The molecule has 6 nitrogen and oxygen atoms in total. The Hall–Kier alpha value is -3.04. The predicted molar refractivity (Wildman–Crippen MR) is 99.4 cm³/mol. The van der Waals surface area contributed by atoms with Gasteiger partial charge in [0.2, 0.25) is 6.10 Å². The van der Waals surface area contributed by atoms with Gasteiger partial charge >= 0.3 is 0 Å². The molecule has 138 valence electrons. The van der Waals surface area contributed by atoms with Crippen LogP contribution in [0.2, 0.25) is 0 Å². The number of rotatable bonds is 3. The van der Waals surface area contributed by atoms with Gasteiger partial charge in [0.05, 0.1) is 11.6 Å². The Kier molecular flexibility index (Phi) is 4.95. The topological polar surface area (TPSA) is 65.8 Å². The number of piperazine rings is 1. The van der Waals surface area contributed by atoms with Crippen LogP contribution in [0.25, 0.3) is 0 Å². The number of amides is 1. The molecule has 0 spiro atoms. The van der Waals surface area contributed by atoms with E-state index in [1.165, 1.54) is 5.56 Å². The highest BCUT2D eigenvalue weighted by molar-refractivity contribution is 5.82. The van der Waals surface area contributed by atoms with Crippen LogP contribution in [0.3, 0.4) is 0 Å². The van der Waals surface area contributed by atoms with Gasteiger partial charge in [-0.25, -0.2) is 0 Å². The lowest BCUT2D eigenvalue weighted by Crippen LogP contribution is -2.53. The molecule has 1 amide bonds. The number of hydrogen-bond donors (Lipinski definition) is 0. The number of ether oxygens (including phenoxy) is 2. The van der Waals surface area contributed by atoms with E-state index >= 15 is 0 Å². The lowest BCUT2D eigenvalue weighted by molar-refractivity contribution is -0.143. The Morgan fingerprint density at radius 3 is 2.44 bits per heavy atom. The number of benzene rings is 2. The summed E-state index contributed by atoms with van der Waals surface area (Å²) in [7, 11) is 0. The van der Waals surface area contributed by atoms with Crippen LogP contribution in [0.15, 0.2) is 48.5 Å². The van der Waals surface area contributed by atoms with Gasteiger partial charge in [-0.15, -0.1) is 0 Å². The first kappa shape index (κ1) is 17.4. The molecular formula is C21H21N3O3. The standard InChI is InChI=1S/C21H21N3O3/c22-13-16-5-7-17(8-6-16)14-23-9-11-24(12-10-23)21(25)20-15-26-18-3-1-2-4-19(18)27-20/h1-8,20H,9-12,14-15H2. The molecule has 27 heavy (non-hydrogen) atoms. The molecule has 0 radical (unpaired) electrons. The maximum Gasteiger partial charge on any atom is 0.267 e. The van der Waals surface area contributed by atoms with Crippen molar-refractivity contribution in [3.63, 3.8) is 0 Å². The molecule has 1 atom stereocenters. The summed E-state index contributed by atoms with van der Waals surface area (Å²) in [6, 6.07) is 17.2. The van der Waals surface area contributed by atoms with Crippen LogP contribution in [0.1, 0.15) is 11.1 Å². The van der Waals surface area contributed by atoms with Gasteiger partial charge in [0.1, 0.15) is 6.61 Å². The highest BCUT2D eigenvalue weighted by Crippen LogP contribution is 2.31. The van der Waals surface area contributed by atoms with Gasteiger partial charge in [-0.05, 0) is 29.8 Å². The monoisotopic (exact) mass is 363 g/mol. The van der Waals surface area contributed by atoms with Crippen LogP contribution >= 0.6 is 0 Å². The van der Waals surface area contributed by atoms with Crippen LogP contribution in [0, 0.1) is 11.3 Å². The largest absolute Gasteiger partial charge is 0.485 e.